The van der Waals surface area contributed by atoms with Crippen LogP contribution in [-0.4, -0.2) is 40.1 Å². The number of piperidine rings is 1. The summed E-state index contributed by atoms with van der Waals surface area (Å²) in [6, 6.07) is 9.53. The molecule has 4 nitrogen and oxygen atoms in total. The van der Waals surface area contributed by atoms with Crippen molar-refractivity contribution in [2.24, 2.45) is 5.73 Å². The Kier molecular flexibility index (Phi) is 5.70. The van der Waals surface area contributed by atoms with Crippen molar-refractivity contribution in [3.63, 3.8) is 0 Å². The van der Waals surface area contributed by atoms with Gasteiger partial charge in [0.1, 0.15) is 5.92 Å². The van der Waals surface area contributed by atoms with Crippen LogP contribution in [0.2, 0.25) is 0 Å². The van der Waals surface area contributed by atoms with Gasteiger partial charge in [-0.25, -0.2) is 0 Å². The number of hydrogen-bond acceptors (Lipinski definition) is 3. The standard InChI is InChI=1S/C16H22N2O2S/c17-15(21)14(12-6-2-1-3-7-12)16(20)18-10-5-4-8-13(18)9-11-19/h1-3,6-7,13-14,19H,4-5,8-11H2,(H2,17,21). The van der Waals surface area contributed by atoms with Crippen LogP contribution < -0.4 is 5.73 Å². The Morgan fingerprint density at radius 3 is 2.71 bits per heavy atom. The lowest BCUT2D eigenvalue weighted by molar-refractivity contribution is -0.135. The van der Waals surface area contributed by atoms with Crippen LogP contribution >= 0.6 is 12.2 Å². The van der Waals surface area contributed by atoms with E-state index >= 15 is 0 Å². The summed E-state index contributed by atoms with van der Waals surface area (Å²) in [5, 5.41) is 9.19. The maximum atomic E-state index is 12.9. The van der Waals surface area contributed by atoms with E-state index in [2.05, 4.69) is 0 Å². The third-order valence-electron chi connectivity index (χ3n) is 4.04. The molecule has 1 aromatic carbocycles. The van der Waals surface area contributed by atoms with Crippen LogP contribution in [0.5, 0.6) is 0 Å². The number of benzene rings is 1. The second-order valence-electron chi connectivity index (χ2n) is 5.44. The second kappa shape index (κ2) is 7.52. The molecular weight excluding hydrogens is 284 g/mol. The van der Waals surface area contributed by atoms with Gasteiger partial charge in [0.05, 0.1) is 4.99 Å². The van der Waals surface area contributed by atoms with E-state index in [-0.39, 0.29) is 23.5 Å². The van der Waals surface area contributed by atoms with Gasteiger partial charge in [-0.2, -0.15) is 0 Å². The first-order chi connectivity index (χ1) is 10.1. The van der Waals surface area contributed by atoms with Gasteiger partial charge >= 0.3 is 0 Å². The number of carbonyl (C=O) groups excluding carboxylic acids is 1. The zero-order valence-electron chi connectivity index (χ0n) is 12.1. The molecule has 2 atom stereocenters. The molecule has 0 saturated carbocycles. The predicted octanol–water partition coefficient (Wildman–Crippen LogP) is 1.82. The molecule has 2 unspecified atom stereocenters. The van der Waals surface area contributed by atoms with Crippen molar-refractivity contribution in [2.45, 2.75) is 37.6 Å². The molecule has 1 aromatic rings. The maximum absolute atomic E-state index is 12.9. The minimum absolute atomic E-state index is 0.0353. The van der Waals surface area contributed by atoms with E-state index in [4.69, 9.17) is 18.0 Å². The molecule has 21 heavy (non-hydrogen) atoms. The van der Waals surface area contributed by atoms with Crippen molar-refractivity contribution in [1.29, 1.82) is 0 Å². The lowest BCUT2D eigenvalue weighted by atomic mass is 9.93. The molecule has 0 bridgehead atoms. The highest BCUT2D eigenvalue weighted by atomic mass is 32.1. The van der Waals surface area contributed by atoms with E-state index in [1.165, 1.54) is 0 Å². The number of likely N-dealkylation sites (tertiary alicyclic amines) is 1. The number of aliphatic hydroxyl groups is 1. The molecule has 1 heterocycles. The van der Waals surface area contributed by atoms with Crippen LogP contribution in [0.25, 0.3) is 0 Å². The molecular formula is C16H22N2O2S. The minimum Gasteiger partial charge on any atom is -0.396 e. The average Bonchev–Trinajstić information content (AvgIpc) is 2.49. The summed E-state index contributed by atoms with van der Waals surface area (Å²) >= 11 is 5.13. The number of aliphatic hydroxyl groups excluding tert-OH is 1. The summed E-state index contributed by atoms with van der Waals surface area (Å²) in [6.07, 6.45) is 3.64. The molecule has 1 aliphatic rings. The molecule has 0 aliphatic carbocycles. The van der Waals surface area contributed by atoms with E-state index in [0.717, 1.165) is 31.4 Å². The normalized spacial score (nSPS) is 20.0. The van der Waals surface area contributed by atoms with Crippen molar-refractivity contribution >= 4 is 23.1 Å². The largest absolute Gasteiger partial charge is 0.396 e. The molecule has 114 valence electrons. The van der Waals surface area contributed by atoms with Crippen molar-refractivity contribution < 1.29 is 9.90 Å². The van der Waals surface area contributed by atoms with Crippen LogP contribution in [0, 0.1) is 0 Å². The van der Waals surface area contributed by atoms with Gasteiger partial charge in [0.25, 0.3) is 0 Å². The zero-order valence-corrected chi connectivity index (χ0v) is 12.9. The number of nitrogens with two attached hydrogens (primary N) is 1. The zero-order chi connectivity index (χ0) is 15.2. The van der Waals surface area contributed by atoms with Crippen molar-refractivity contribution in [1.82, 2.24) is 4.90 Å². The first kappa shape index (κ1) is 15.9. The Labute approximate surface area is 130 Å². The Balaban J connectivity index is 2.23. The summed E-state index contributed by atoms with van der Waals surface area (Å²) in [6.45, 7) is 0.812. The highest BCUT2D eigenvalue weighted by Gasteiger charge is 2.33. The molecule has 0 radical (unpaired) electrons. The van der Waals surface area contributed by atoms with Crippen LogP contribution in [0.1, 0.15) is 37.2 Å². The van der Waals surface area contributed by atoms with Gasteiger partial charge in [0, 0.05) is 19.2 Å². The van der Waals surface area contributed by atoms with Gasteiger partial charge in [-0.15, -0.1) is 0 Å². The molecule has 1 amide bonds. The van der Waals surface area contributed by atoms with E-state index in [1.807, 2.05) is 35.2 Å². The second-order valence-corrected chi connectivity index (χ2v) is 5.91. The quantitative estimate of drug-likeness (QED) is 0.814. The van der Waals surface area contributed by atoms with Gasteiger partial charge in [-0.05, 0) is 31.2 Å². The van der Waals surface area contributed by atoms with Crippen molar-refractivity contribution in [2.75, 3.05) is 13.2 Å². The molecule has 0 spiro atoms. The molecule has 2 rings (SSSR count). The van der Waals surface area contributed by atoms with E-state index in [0.29, 0.717) is 6.42 Å². The fourth-order valence-electron chi connectivity index (χ4n) is 2.98. The highest BCUT2D eigenvalue weighted by Crippen LogP contribution is 2.26. The fourth-order valence-corrected chi connectivity index (χ4v) is 3.22. The number of rotatable bonds is 5. The van der Waals surface area contributed by atoms with Crippen LogP contribution in [0.15, 0.2) is 30.3 Å². The molecule has 1 saturated heterocycles. The minimum atomic E-state index is -0.569. The number of nitrogens with zero attached hydrogens (tertiary/aromatic N) is 1. The van der Waals surface area contributed by atoms with Gasteiger partial charge in [-0.1, -0.05) is 42.5 Å². The van der Waals surface area contributed by atoms with E-state index < -0.39 is 5.92 Å². The van der Waals surface area contributed by atoms with E-state index in [1.54, 1.807) is 0 Å². The molecule has 0 aromatic heterocycles. The first-order valence-electron chi connectivity index (χ1n) is 7.40. The van der Waals surface area contributed by atoms with E-state index in [9.17, 15) is 9.90 Å². The van der Waals surface area contributed by atoms with Gasteiger partial charge in [0.15, 0.2) is 0 Å². The monoisotopic (exact) mass is 306 g/mol. The number of thiocarbonyl (C=S) groups is 1. The number of carbonyl (C=O) groups is 1. The van der Waals surface area contributed by atoms with Crippen molar-refractivity contribution in [3.8, 4) is 0 Å². The van der Waals surface area contributed by atoms with Gasteiger partial charge < -0.3 is 15.7 Å². The molecule has 5 heteroatoms. The summed E-state index contributed by atoms with van der Waals surface area (Å²) in [4.78, 5) is 15.0. The highest BCUT2D eigenvalue weighted by molar-refractivity contribution is 7.80. The summed E-state index contributed by atoms with van der Waals surface area (Å²) in [5.41, 5.74) is 6.67. The maximum Gasteiger partial charge on any atom is 0.237 e. The average molecular weight is 306 g/mol. The Morgan fingerprint density at radius 2 is 2.10 bits per heavy atom. The molecule has 1 aliphatic heterocycles. The third-order valence-corrected chi connectivity index (χ3v) is 4.27. The predicted molar refractivity (Wildman–Crippen MR) is 87.0 cm³/mol. The fraction of sp³-hybridized carbons (Fsp3) is 0.500. The van der Waals surface area contributed by atoms with Crippen LogP contribution in [0.4, 0.5) is 0 Å². The van der Waals surface area contributed by atoms with Gasteiger partial charge in [-0.3, -0.25) is 4.79 Å². The molecule has 1 fully saturated rings. The SMILES string of the molecule is NC(=S)C(C(=O)N1CCCCC1CCO)c1ccccc1. The lowest BCUT2D eigenvalue weighted by Gasteiger charge is -2.37. The smallest absolute Gasteiger partial charge is 0.237 e. The lowest BCUT2D eigenvalue weighted by Crippen LogP contribution is -2.48. The first-order valence-corrected chi connectivity index (χ1v) is 7.81. The van der Waals surface area contributed by atoms with Crippen LogP contribution in [-0.2, 0) is 4.79 Å². The number of amides is 1. The summed E-state index contributed by atoms with van der Waals surface area (Å²) in [7, 11) is 0. The molecule has 3 N–H and O–H groups in total. The van der Waals surface area contributed by atoms with Crippen molar-refractivity contribution in [3.05, 3.63) is 35.9 Å². The Morgan fingerprint density at radius 1 is 1.38 bits per heavy atom. The Bertz CT molecular complexity index is 490. The van der Waals surface area contributed by atoms with Gasteiger partial charge in [0.2, 0.25) is 5.91 Å². The number of hydrogen-bond donors (Lipinski definition) is 2. The van der Waals surface area contributed by atoms with Crippen LogP contribution in [0.3, 0.4) is 0 Å². The summed E-state index contributed by atoms with van der Waals surface area (Å²) in [5.74, 6) is -0.604. The third kappa shape index (κ3) is 3.80. The summed E-state index contributed by atoms with van der Waals surface area (Å²) < 4.78 is 0. The topological polar surface area (TPSA) is 66.6 Å². The Hall–Kier alpha value is -1.46.